The zero-order chi connectivity index (χ0) is 12.0. The van der Waals surface area contributed by atoms with E-state index in [9.17, 15) is 4.79 Å². The molecule has 1 aromatic carbocycles. The van der Waals surface area contributed by atoms with Gasteiger partial charge in [0.1, 0.15) is 5.82 Å². The molecule has 0 saturated heterocycles. The monoisotopic (exact) mass is 292 g/mol. The van der Waals surface area contributed by atoms with Crippen LogP contribution >= 0.6 is 15.9 Å². The van der Waals surface area contributed by atoms with Gasteiger partial charge in [-0.3, -0.25) is 9.36 Å². The van der Waals surface area contributed by atoms with Crippen LogP contribution in [0, 0.1) is 6.92 Å². The van der Waals surface area contributed by atoms with Crippen LogP contribution in [0.4, 0.5) is 0 Å². The summed E-state index contributed by atoms with van der Waals surface area (Å²) in [5.41, 5.74) is 2.00. The summed E-state index contributed by atoms with van der Waals surface area (Å²) in [7, 11) is 0. The summed E-state index contributed by atoms with van der Waals surface area (Å²) in [5.74, 6) is 0.878. The summed E-state index contributed by atoms with van der Waals surface area (Å²) in [6.07, 6.45) is 2.08. The van der Waals surface area contributed by atoms with E-state index in [2.05, 4.69) is 20.9 Å². The van der Waals surface area contributed by atoms with E-state index in [0.29, 0.717) is 0 Å². The Morgan fingerprint density at radius 3 is 3.12 bits per heavy atom. The van der Waals surface area contributed by atoms with Crippen LogP contribution in [0.25, 0.3) is 10.9 Å². The number of benzene rings is 1. The fourth-order valence-corrected chi connectivity index (χ4v) is 3.09. The van der Waals surface area contributed by atoms with E-state index in [0.717, 1.165) is 41.7 Å². The highest BCUT2D eigenvalue weighted by Crippen LogP contribution is 2.30. The topological polar surface area (TPSA) is 34.9 Å². The van der Waals surface area contributed by atoms with E-state index in [1.165, 1.54) is 0 Å². The van der Waals surface area contributed by atoms with Crippen LogP contribution in [0.3, 0.4) is 0 Å². The van der Waals surface area contributed by atoms with Crippen LogP contribution in [-0.2, 0) is 6.54 Å². The molecule has 0 aliphatic carbocycles. The van der Waals surface area contributed by atoms with Crippen LogP contribution < -0.4 is 5.56 Å². The largest absolute Gasteiger partial charge is 0.295 e. The Kier molecular flexibility index (Phi) is 2.54. The molecule has 2 heterocycles. The second-order valence-corrected chi connectivity index (χ2v) is 5.61. The molecule has 0 radical (unpaired) electrons. The molecule has 3 rings (SSSR count). The van der Waals surface area contributed by atoms with Gasteiger partial charge in [0.25, 0.3) is 5.56 Å². The number of nitrogens with zero attached hydrogens (tertiary/aromatic N) is 2. The predicted molar refractivity (Wildman–Crippen MR) is 71.6 cm³/mol. The minimum absolute atomic E-state index is 0.0952. The van der Waals surface area contributed by atoms with Crippen molar-refractivity contribution in [3.05, 3.63) is 39.9 Å². The first-order valence-electron chi connectivity index (χ1n) is 5.82. The van der Waals surface area contributed by atoms with Gasteiger partial charge in [0.15, 0.2) is 0 Å². The van der Waals surface area contributed by atoms with Gasteiger partial charge in [-0.2, -0.15) is 0 Å². The molecule has 1 aliphatic rings. The number of rotatable bonds is 0. The van der Waals surface area contributed by atoms with E-state index in [1.54, 1.807) is 0 Å². The molecule has 17 heavy (non-hydrogen) atoms. The van der Waals surface area contributed by atoms with Gasteiger partial charge in [-0.05, 0) is 31.4 Å². The van der Waals surface area contributed by atoms with Crippen molar-refractivity contribution >= 4 is 26.8 Å². The standard InChI is InChI=1S/C13H13BrN2O/c1-8-4-2-5-9-11(8)15-12-10(14)6-3-7-16(12)13(9)17/h2,4-5,10H,3,6-7H2,1H3/t10-/m1/s1. The van der Waals surface area contributed by atoms with Crippen LogP contribution in [-0.4, -0.2) is 9.55 Å². The maximum atomic E-state index is 12.4. The molecule has 0 N–H and O–H groups in total. The van der Waals surface area contributed by atoms with E-state index in [-0.39, 0.29) is 10.4 Å². The van der Waals surface area contributed by atoms with Crippen molar-refractivity contribution in [2.45, 2.75) is 31.1 Å². The maximum absolute atomic E-state index is 12.4. The van der Waals surface area contributed by atoms with Gasteiger partial charge < -0.3 is 0 Å². The number of hydrogen-bond donors (Lipinski definition) is 0. The predicted octanol–water partition coefficient (Wildman–Crippen LogP) is 2.93. The normalized spacial score (nSPS) is 19.3. The summed E-state index contributed by atoms with van der Waals surface area (Å²) >= 11 is 3.61. The molecule has 0 unspecified atom stereocenters. The number of halogens is 1. The molecular formula is C13H13BrN2O. The third-order valence-corrected chi connectivity index (χ3v) is 4.20. The van der Waals surface area contributed by atoms with Gasteiger partial charge in [-0.1, -0.05) is 28.1 Å². The summed E-state index contributed by atoms with van der Waals surface area (Å²) in [5, 5.41) is 0.732. The molecule has 0 bridgehead atoms. The highest BCUT2D eigenvalue weighted by Gasteiger charge is 2.21. The SMILES string of the molecule is Cc1cccc2c(=O)n3c(nc12)[C@H](Br)CCC3. The van der Waals surface area contributed by atoms with Gasteiger partial charge in [0, 0.05) is 6.54 Å². The molecule has 0 spiro atoms. The van der Waals surface area contributed by atoms with E-state index >= 15 is 0 Å². The van der Waals surface area contributed by atoms with Crippen molar-refractivity contribution in [2.75, 3.05) is 0 Å². The molecular weight excluding hydrogens is 280 g/mol. The lowest BCUT2D eigenvalue weighted by atomic mass is 10.1. The third kappa shape index (κ3) is 1.62. The minimum Gasteiger partial charge on any atom is -0.295 e. The first-order chi connectivity index (χ1) is 8.18. The Bertz CT molecular complexity index is 648. The fraction of sp³-hybridized carbons (Fsp3) is 0.385. The van der Waals surface area contributed by atoms with Crippen molar-refractivity contribution in [3.8, 4) is 0 Å². The molecule has 1 atom stereocenters. The molecule has 0 fully saturated rings. The molecule has 3 nitrogen and oxygen atoms in total. The lowest BCUT2D eigenvalue weighted by Crippen LogP contribution is -2.29. The van der Waals surface area contributed by atoms with Crippen molar-refractivity contribution in [2.24, 2.45) is 0 Å². The van der Waals surface area contributed by atoms with Crippen LogP contribution in [0.5, 0.6) is 0 Å². The first kappa shape index (κ1) is 11.0. The van der Waals surface area contributed by atoms with Crippen LogP contribution in [0.15, 0.2) is 23.0 Å². The summed E-state index contributed by atoms with van der Waals surface area (Å²) in [6, 6.07) is 5.78. The summed E-state index contributed by atoms with van der Waals surface area (Å²) < 4.78 is 1.81. The number of fused-ring (bicyclic) bond motifs is 2. The molecule has 1 aliphatic heterocycles. The first-order valence-corrected chi connectivity index (χ1v) is 6.74. The molecule has 0 saturated carbocycles. The molecule has 1 aromatic heterocycles. The fourth-order valence-electron chi connectivity index (χ4n) is 2.42. The number of alkyl halides is 1. The van der Waals surface area contributed by atoms with Crippen molar-refractivity contribution in [3.63, 3.8) is 0 Å². The zero-order valence-corrected chi connectivity index (χ0v) is 11.2. The molecule has 88 valence electrons. The Morgan fingerprint density at radius 2 is 2.29 bits per heavy atom. The van der Waals surface area contributed by atoms with Gasteiger partial charge in [-0.15, -0.1) is 0 Å². The second-order valence-electron chi connectivity index (χ2n) is 4.51. The van der Waals surface area contributed by atoms with Crippen LogP contribution in [0.1, 0.15) is 29.1 Å². The third-order valence-electron chi connectivity index (χ3n) is 3.34. The molecule has 2 aromatic rings. The summed E-state index contributed by atoms with van der Waals surface area (Å²) in [4.78, 5) is 17.2. The Morgan fingerprint density at radius 1 is 1.47 bits per heavy atom. The quantitative estimate of drug-likeness (QED) is 0.700. The van der Waals surface area contributed by atoms with Gasteiger partial charge in [0.05, 0.1) is 15.7 Å². The zero-order valence-electron chi connectivity index (χ0n) is 9.61. The number of para-hydroxylation sites is 1. The van der Waals surface area contributed by atoms with Crippen molar-refractivity contribution < 1.29 is 0 Å². The average Bonchev–Trinajstić information content (AvgIpc) is 2.32. The Balaban J connectivity index is 2.44. The smallest absolute Gasteiger partial charge is 0.261 e. The van der Waals surface area contributed by atoms with Crippen molar-refractivity contribution in [1.82, 2.24) is 9.55 Å². The van der Waals surface area contributed by atoms with Gasteiger partial charge >= 0.3 is 0 Å². The number of aryl methyl sites for hydroxylation is 1. The van der Waals surface area contributed by atoms with Gasteiger partial charge in [-0.25, -0.2) is 4.98 Å². The lowest BCUT2D eigenvalue weighted by Gasteiger charge is -2.22. The highest BCUT2D eigenvalue weighted by atomic mass is 79.9. The number of hydrogen-bond acceptors (Lipinski definition) is 2. The number of aromatic nitrogens is 2. The second kappa shape index (κ2) is 3.95. The Hall–Kier alpha value is -1.16. The molecule has 4 heteroatoms. The minimum atomic E-state index is 0.0952. The maximum Gasteiger partial charge on any atom is 0.261 e. The molecule has 0 amide bonds. The average molecular weight is 293 g/mol. The summed E-state index contributed by atoms with van der Waals surface area (Å²) in [6.45, 7) is 2.78. The van der Waals surface area contributed by atoms with E-state index in [1.807, 2.05) is 29.7 Å². The van der Waals surface area contributed by atoms with Crippen LogP contribution in [0.2, 0.25) is 0 Å². The van der Waals surface area contributed by atoms with Gasteiger partial charge in [0.2, 0.25) is 0 Å². The lowest BCUT2D eigenvalue weighted by molar-refractivity contribution is 0.498. The van der Waals surface area contributed by atoms with E-state index in [4.69, 9.17) is 0 Å². The van der Waals surface area contributed by atoms with E-state index < -0.39 is 0 Å². The highest BCUT2D eigenvalue weighted by molar-refractivity contribution is 9.09. The Labute approximate surface area is 108 Å². The van der Waals surface area contributed by atoms with Crippen molar-refractivity contribution in [1.29, 1.82) is 0 Å².